The van der Waals surface area contributed by atoms with Gasteiger partial charge < -0.3 is 0 Å². The first-order valence-corrected chi connectivity index (χ1v) is 12.6. The average Bonchev–Trinajstić information content (AvgIpc) is 3.60. The van der Waals surface area contributed by atoms with Crippen LogP contribution in [0.4, 0.5) is 0 Å². The maximum atomic E-state index is 10.1. The zero-order valence-corrected chi connectivity index (χ0v) is 21.1. The molecule has 0 radical (unpaired) electrons. The van der Waals surface area contributed by atoms with Crippen molar-refractivity contribution in [2.24, 2.45) is 0 Å². The minimum Gasteiger partial charge on any atom is -0.292 e. The lowest BCUT2D eigenvalue weighted by Crippen LogP contribution is -1.99. The van der Waals surface area contributed by atoms with E-state index in [4.69, 9.17) is 21.4 Å². The van der Waals surface area contributed by atoms with Gasteiger partial charge in [0.1, 0.15) is 5.82 Å². The molecule has 0 atom stereocenters. The highest BCUT2D eigenvalue weighted by Gasteiger charge is 2.19. The van der Waals surface area contributed by atoms with E-state index < -0.39 is 147 Å². The van der Waals surface area contributed by atoms with Gasteiger partial charge in [0.05, 0.1) is 34.3 Å². The molecule has 0 spiro atoms. The largest absolute Gasteiger partial charge is 0.292 e. The number of hydrogen-bond acceptors (Lipinski definition) is 1. The van der Waals surface area contributed by atoms with E-state index >= 15 is 0 Å². The molecule has 192 valence electrons. The van der Waals surface area contributed by atoms with Crippen molar-refractivity contribution in [3.63, 3.8) is 0 Å². The monoisotopic (exact) mass is 539 g/mol. The molecule has 41 heavy (non-hydrogen) atoms. The van der Waals surface area contributed by atoms with Gasteiger partial charge in [-0.2, -0.15) is 0 Å². The molecule has 0 fully saturated rings. The van der Waals surface area contributed by atoms with Crippen molar-refractivity contribution in [3.05, 3.63) is 157 Å². The zero-order chi connectivity index (χ0) is 42.0. The molecule has 8 aromatic rings. The summed E-state index contributed by atoms with van der Waals surface area (Å²) in [7, 11) is 0. The van der Waals surface area contributed by atoms with Crippen molar-refractivity contribution >= 4 is 32.6 Å². The van der Waals surface area contributed by atoms with Crippen molar-refractivity contribution in [2.75, 3.05) is 0 Å². The molecular formula is C39H26N2. The fraction of sp³-hybridized carbons (Fsp3) is 0. The number of nitrogens with zero attached hydrogens (tertiary/aromatic N) is 2. The highest BCUT2D eigenvalue weighted by molar-refractivity contribution is 6.21. The van der Waals surface area contributed by atoms with Gasteiger partial charge in [-0.25, -0.2) is 4.98 Å². The number of rotatable bonds is 4. The van der Waals surface area contributed by atoms with E-state index in [1.165, 1.54) is 4.57 Å². The third kappa shape index (κ3) is 3.84. The van der Waals surface area contributed by atoms with Gasteiger partial charge in [-0.15, -0.1) is 0 Å². The maximum Gasteiger partial charge on any atom is 0.145 e. The molecule has 7 aromatic carbocycles. The van der Waals surface area contributed by atoms with E-state index in [-0.39, 0.29) is 11.5 Å². The topological polar surface area (TPSA) is 17.8 Å². The second kappa shape index (κ2) is 9.62. The van der Waals surface area contributed by atoms with Crippen molar-refractivity contribution in [1.82, 2.24) is 9.55 Å². The van der Waals surface area contributed by atoms with Crippen LogP contribution >= 0.6 is 0 Å². The van der Waals surface area contributed by atoms with Crippen molar-refractivity contribution in [3.8, 4) is 39.3 Å². The molecule has 8 rings (SSSR count). The maximum absolute atomic E-state index is 10.1. The van der Waals surface area contributed by atoms with Crippen LogP contribution in [-0.4, -0.2) is 9.55 Å². The Bertz CT molecular complexity index is 3080. The summed E-state index contributed by atoms with van der Waals surface area (Å²) < 4.78 is 154. The van der Waals surface area contributed by atoms with E-state index in [1.807, 2.05) is 0 Å². The summed E-state index contributed by atoms with van der Waals surface area (Å²) in [6, 6.07) is 2.32. The first-order chi connectivity index (χ1) is 27.4. The smallest absolute Gasteiger partial charge is 0.145 e. The van der Waals surface area contributed by atoms with Crippen LogP contribution in [-0.2, 0) is 0 Å². The Morgan fingerprint density at radius 2 is 1.05 bits per heavy atom. The fourth-order valence-corrected chi connectivity index (χ4v) is 5.10. The molecule has 0 amide bonds. The molecule has 1 aromatic heterocycles. The molecule has 0 aliphatic heterocycles. The molecule has 0 aliphatic carbocycles. The molecule has 0 N–H and O–H groups in total. The quantitative estimate of drug-likeness (QED) is 0.203. The third-order valence-corrected chi connectivity index (χ3v) is 6.80. The van der Waals surface area contributed by atoms with E-state index in [2.05, 4.69) is 0 Å². The Labute approximate surface area is 262 Å². The van der Waals surface area contributed by atoms with Gasteiger partial charge in [-0.05, 0) is 68.0 Å². The molecule has 0 aliphatic rings. The van der Waals surface area contributed by atoms with Crippen molar-refractivity contribution in [2.45, 2.75) is 0 Å². The van der Waals surface area contributed by atoms with E-state index in [9.17, 15) is 6.85 Å². The van der Waals surface area contributed by atoms with Gasteiger partial charge in [0, 0.05) is 11.3 Å². The lowest BCUT2D eigenvalue weighted by atomic mass is 9.86. The van der Waals surface area contributed by atoms with Crippen LogP contribution in [0.3, 0.4) is 0 Å². The second-order valence-corrected chi connectivity index (χ2v) is 9.10. The molecule has 1 heterocycles. The van der Waals surface area contributed by atoms with Crippen LogP contribution in [0.1, 0.15) is 23.3 Å². The van der Waals surface area contributed by atoms with Gasteiger partial charge >= 0.3 is 0 Å². The summed E-state index contributed by atoms with van der Waals surface area (Å²) in [6.07, 6.45) is 0. The van der Waals surface area contributed by atoms with Gasteiger partial charge in [0.15, 0.2) is 0 Å². The summed E-state index contributed by atoms with van der Waals surface area (Å²) in [4.78, 5) is 4.80. The SMILES string of the molecule is [2H]c1c([2H])c([2H])c(-c2c3c([2H])c([2H])c([2H])c([2H])c3c(-c3c([2H])c([2H])c([2H])c([2H])c3[2H])c3c([2H])c(-n4c(-c5ccccc5)nc5ccccc54)c([2H])c([2H])c23)c([2H])c1[2H]. The highest BCUT2D eigenvalue weighted by atomic mass is 15.1. The number of para-hydroxylation sites is 2. The molecular weight excluding hydrogens is 496 g/mol. The predicted molar refractivity (Wildman–Crippen MR) is 172 cm³/mol. The van der Waals surface area contributed by atoms with Crippen LogP contribution < -0.4 is 0 Å². The predicted octanol–water partition coefficient (Wildman–Crippen LogP) is 10.3. The fourth-order valence-electron chi connectivity index (χ4n) is 5.10. The Morgan fingerprint density at radius 1 is 0.488 bits per heavy atom. The standard InChI is InChI=1S/C39H26N2/c1-4-14-27(15-5-1)37-31-20-10-11-21-32(31)38(28-16-6-2-7-17-28)34-26-30(24-25-33(34)37)41-36-23-13-12-22-35(36)40-39(41)29-18-8-3-9-19-29/h1-26H/i1D,2D,4D,5D,6D,7D,10D,11D,14D,15D,16D,17D,20D,21D,24D,25D,26D. The normalized spacial score (nSPS) is 17.2. The van der Waals surface area contributed by atoms with Gasteiger partial charge in [-0.1, -0.05) is 133 Å². The van der Waals surface area contributed by atoms with Gasteiger partial charge in [-0.3, -0.25) is 4.57 Å². The number of imidazole rings is 1. The minimum absolute atomic E-state index is 0.237. The van der Waals surface area contributed by atoms with Gasteiger partial charge in [0.2, 0.25) is 0 Å². The number of hydrogen-bond donors (Lipinski definition) is 0. The van der Waals surface area contributed by atoms with Crippen LogP contribution in [0.5, 0.6) is 0 Å². The molecule has 0 saturated heterocycles. The van der Waals surface area contributed by atoms with E-state index in [1.54, 1.807) is 54.6 Å². The summed E-state index contributed by atoms with van der Waals surface area (Å²) >= 11 is 0. The summed E-state index contributed by atoms with van der Waals surface area (Å²) in [5.74, 6) is 0.237. The van der Waals surface area contributed by atoms with Crippen LogP contribution in [0.25, 0.3) is 71.9 Å². The van der Waals surface area contributed by atoms with Crippen molar-refractivity contribution < 1.29 is 23.3 Å². The second-order valence-electron chi connectivity index (χ2n) is 9.10. The third-order valence-electron chi connectivity index (χ3n) is 6.80. The zero-order valence-electron chi connectivity index (χ0n) is 38.1. The van der Waals surface area contributed by atoms with Crippen LogP contribution in [0, 0.1) is 0 Å². The Morgan fingerprint density at radius 3 is 1.73 bits per heavy atom. The molecule has 0 unspecified atom stereocenters. The number of fused-ring (bicyclic) bond motifs is 3. The minimum atomic E-state index is -0.824. The number of aromatic nitrogens is 2. The lowest BCUT2D eigenvalue weighted by Gasteiger charge is -2.19. The summed E-state index contributed by atoms with van der Waals surface area (Å²) in [5, 5.41) is -1.95. The Balaban J connectivity index is 1.77. The lowest BCUT2D eigenvalue weighted by molar-refractivity contribution is 1.11. The molecule has 0 bridgehead atoms. The molecule has 0 saturated carbocycles. The highest BCUT2D eigenvalue weighted by Crippen LogP contribution is 2.44. The molecule has 2 nitrogen and oxygen atoms in total. The van der Waals surface area contributed by atoms with E-state index in [0.717, 1.165) is 0 Å². The van der Waals surface area contributed by atoms with E-state index in [0.29, 0.717) is 16.6 Å². The summed E-state index contributed by atoms with van der Waals surface area (Å²) in [5.41, 5.74) is -1.07. The first kappa shape index (κ1) is 12.0. The van der Waals surface area contributed by atoms with Crippen LogP contribution in [0.2, 0.25) is 0 Å². The van der Waals surface area contributed by atoms with Gasteiger partial charge in [0.25, 0.3) is 0 Å². The first-order valence-electron chi connectivity index (χ1n) is 21.1. The van der Waals surface area contributed by atoms with Crippen LogP contribution in [0.15, 0.2) is 157 Å². The number of benzene rings is 7. The molecule has 2 heteroatoms. The Hall–Kier alpha value is -5.47. The summed E-state index contributed by atoms with van der Waals surface area (Å²) in [6.45, 7) is 0. The van der Waals surface area contributed by atoms with Crippen molar-refractivity contribution in [1.29, 1.82) is 0 Å². The Kier molecular flexibility index (Phi) is 2.80. The average molecular weight is 540 g/mol.